The summed E-state index contributed by atoms with van der Waals surface area (Å²) >= 11 is 0. The van der Waals surface area contributed by atoms with E-state index in [9.17, 15) is 18.0 Å². The van der Waals surface area contributed by atoms with Gasteiger partial charge >= 0.3 is 16.4 Å². The van der Waals surface area contributed by atoms with Gasteiger partial charge in [-0.25, -0.2) is 4.79 Å². The molecule has 10 heteroatoms. The van der Waals surface area contributed by atoms with Gasteiger partial charge in [-0.3, -0.25) is 9.35 Å². The lowest BCUT2D eigenvalue weighted by atomic mass is 10.1. The van der Waals surface area contributed by atoms with Crippen molar-refractivity contribution in [1.82, 2.24) is 5.32 Å². The molecule has 21 heavy (non-hydrogen) atoms. The minimum Gasteiger partial charge on any atom is -0.480 e. The van der Waals surface area contributed by atoms with Crippen LogP contribution in [-0.2, 0) is 26.4 Å². The molecular weight excluding hydrogens is 304 g/mol. The molecule has 0 saturated carbocycles. The number of aliphatic carboxylic acids is 1. The zero-order chi connectivity index (χ0) is 16.0. The third-order valence-electron chi connectivity index (χ3n) is 2.38. The van der Waals surface area contributed by atoms with Gasteiger partial charge in [-0.15, -0.1) is 0 Å². The molecule has 0 bridgehead atoms. The van der Waals surface area contributed by atoms with Crippen LogP contribution in [-0.4, -0.2) is 42.5 Å². The molecule has 0 spiro atoms. The van der Waals surface area contributed by atoms with Crippen molar-refractivity contribution in [2.45, 2.75) is 12.5 Å². The molecule has 0 fully saturated rings. The maximum absolute atomic E-state index is 11.1. The third-order valence-corrected chi connectivity index (χ3v) is 2.79. The zero-order valence-electron chi connectivity index (χ0n) is 10.7. The second-order valence-corrected chi connectivity index (χ2v) is 5.04. The minimum atomic E-state index is -4.61. The Balaban J connectivity index is 2.76. The Labute approximate surface area is 120 Å². The van der Waals surface area contributed by atoms with Crippen LogP contribution in [0.4, 0.5) is 0 Å². The summed E-state index contributed by atoms with van der Waals surface area (Å²) in [5.74, 6) is -1.96. The van der Waals surface area contributed by atoms with Crippen LogP contribution in [0.2, 0.25) is 0 Å². The number of carbonyl (C=O) groups is 2. The van der Waals surface area contributed by atoms with Gasteiger partial charge in [-0.05, 0) is 17.7 Å². The molecule has 0 radical (unpaired) electrons. The van der Waals surface area contributed by atoms with E-state index < -0.39 is 28.3 Å². The van der Waals surface area contributed by atoms with Crippen LogP contribution in [0.25, 0.3) is 0 Å². The van der Waals surface area contributed by atoms with E-state index in [1.807, 2.05) is 0 Å². The van der Waals surface area contributed by atoms with Gasteiger partial charge in [0.1, 0.15) is 11.8 Å². The highest BCUT2D eigenvalue weighted by atomic mass is 32.3. The van der Waals surface area contributed by atoms with Crippen molar-refractivity contribution in [2.75, 3.05) is 6.54 Å². The molecule has 0 aliphatic rings. The molecule has 0 heterocycles. The lowest BCUT2D eigenvalue weighted by molar-refractivity contribution is -0.141. The minimum absolute atomic E-state index is 0.0206. The number of carboxylic acid groups (broad SMARTS) is 1. The average Bonchev–Trinajstić information content (AvgIpc) is 2.38. The summed E-state index contributed by atoms with van der Waals surface area (Å²) < 4.78 is 33.7. The summed E-state index contributed by atoms with van der Waals surface area (Å²) in [4.78, 5) is 22.1. The van der Waals surface area contributed by atoms with E-state index in [1.54, 1.807) is 0 Å². The van der Waals surface area contributed by atoms with E-state index in [1.165, 1.54) is 24.3 Å². The molecule has 1 aromatic carbocycles. The first kappa shape index (κ1) is 16.9. The van der Waals surface area contributed by atoms with E-state index in [4.69, 9.17) is 15.4 Å². The Hall–Kier alpha value is -2.17. The molecule has 0 aliphatic heterocycles. The van der Waals surface area contributed by atoms with Crippen molar-refractivity contribution in [3.8, 4) is 5.75 Å². The molecule has 5 N–H and O–H groups in total. The smallest absolute Gasteiger partial charge is 0.446 e. The topological polar surface area (TPSA) is 156 Å². The molecular formula is C11H14N2O7S. The van der Waals surface area contributed by atoms with E-state index in [0.29, 0.717) is 5.56 Å². The quantitative estimate of drug-likeness (QED) is 0.463. The lowest BCUT2D eigenvalue weighted by Crippen LogP contribution is -2.44. The van der Waals surface area contributed by atoms with Gasteiger partial charge in [-0.1, -0.05) is 12.1 Å². The van der Waals surface area contributed by atoms with Crippen LogP contribution in [0.3, 0.4) is 0 Å². The molecule has 1 rings (SSSR count). The normalized spacial score (nSPS) is 12.5. The number of benzene rings is 1. The van der Waals surface area contributed by atoms with Crippen LogP contribution < -0.4 is 15.2 Å². The van der Waals surface area contributed by atoms with E-state index in [2.05, 4.69) is 9.50 Å². The number of rotatable bonds is 7. The Morgan fingerprint density at radius 1 is 1.29 bits per heavy atom. The van der Waals surface area contributed by atoms with Gasteiger partial charge in [0.2, 0.25) is 5.91 Å². The summed E-state index contributed by atoms with van der Waals surface area (Å²) in [6.45, 7) is -0.328. The zero-order valence-corrected chi connectivity index (χ0v) is 11.5. The monoisotopic (exact) mass is 318 g/mol. The Morgan fingerprint density at radius 2 is 1.86 bits per heavy atom. The van der Waals surface area contributed by atoms with Gasteiger partial charge in [0.15, 0.2) is 0 Å². The number of nitrogens with one attached hydrogen (secondary N) is 1. The van der Waals surface area contributed by atoms with Gasteiger partial charge in [0.25, 0.3) is 0 Å². The molecule has 9 nitrogen and oxygen atoms in total. The molecule has 1 amide bonds. The first-order valence-electron chi connectivity index (χ1n) is 5.69. The SMILES string of the molecule is NCC(=O)N[C@@H](Cc1ccc(OS(=O)(=O)O)cc1)C(=O)O. The number of hydrogen-bond acceptors (Lipinski definition) is 6. The molecule has 0 saturated heterocycles. The van der Waals surface area contributed by atoms with Crippen molar-refractivity contribution in [3.63, 3.8) is 0 Å². The van der Waals surface area contributed by atoms with Crippen molar-refractivity contribution in [1.29, 1.82) is 0 Å². The van der Waals surface area contributed by atoms with E-state index >= 15 is 0 Å². The first-order chi connectivity index (χ1) is 9.71. The van der Waals surface area contributed by atoms with Crippen molar-refractivity contribution < 1.29 is 31.8 Å². The number of hydrogen-bond donors (Lipinski definition) is 4. The summed E-state index contributed by atoms with van der Waals surface area (Å²) in [7, 11) is -4.61. The summed E-state index contributed by atoms with van der Waals surface area (Å²) in [5.41, 5.74) is 5.61. The first-order valence-corrected chi connectivity index (χ1v) is 7.06. The second-order valence-electron chi connectivity index (χ2n) is 4.02. The number of amides is 1. The highest BCUT2D eigenvalue weighted by Crippen LogP contribution is 2.15. The van der Waals surface area contributed by atoms with Gasteiger partial charge < -0.3 is 20.3 Å². The largest absolute Gasteiger partial charge is 0.480 e. The fourth-order valence-electron chi connectivity index (χ4n) is 1.49. The molecule has 1 atom stereocenters. The van der Waals surface area contributed by atoms with Crippen LogP contribution in [0.1, 0.15) is 5.56 Å². The predicted molar refractivity (Wildman–Crippen MR) is 70.9 cm³/mol. The van der Waals surface area contributed by atoms with Crippen molar-refractivity contribution in [3.05, 3.63) is 29.8 Å². The Morgan fingerprint density at radius 3 is 2.29 bits per heavy atom. The average molecular weight is 318 g/mol. The highest BCUT2D eigenvalue weighted by molar-refractivity contribution is 7.81. The van der Waals surface area contributed by atoms with Crippen molar-refractivity contribution in [2.24, 2.45) is 5.73 Å². The standard InChI is InChI=1S/C11H14N2O7S/c12-6-10(14)13-9(11(15)16)5-7-1-3-8(4-2-7)20-21(17,18)19/h1-4,9H,5-6,12H2,(H,13,14)(H,15,16)(H,17,18,19)/t9-/m0/s1. The number of carbonyl (C=O) groups excluding carboxylic acids is 1. The van der Waals surface area contributed by atoms with Gasteiger partial charge in [0.05, 0.1) is 6.54 Å². The molecule has 0 aromatic heterocycles. The van der Waals surface area contributed by atoms with Gasteiger partial charge in [-0.2, -0.15) is 8.42 Å². The Bertz CT molecular complexity index is 612. The summed E-state index contributed by atoms with van der Waals surface area (Å²) in [5, 5.41) is 11.2. The maximum Gasteiger partial charge on any atom is 0.446 e. The van der Waals surface area contributed by atoms with E-state index in [-0.39, 0.29) is 18.7 Å². The van der Waals surface area contributed by atoms with Gasteiger partial charge in [0, 0.05) is 6.42 Å². The molecule has 0 unspecified atom stereocenters. The lowest BCUT2D eigenvalue weighted by Gasteiger charge is -2.14. The molecule has 0 aliphatic carbocycles. The molecule has 116 valence electrons. The van der Waals surface area contributed by atoms with Crippen molar-refractivity contribution >= 4 is 22.3 Å². The maximum atomic E-state index is 11.1. The van der Waals surface area contributed by atoms with Crippen LogP contribution >= 0.6 is 0 Å². The summed E-state index contributed by atoms with van der Waals surface area (Å²) in [6, 6.07) is 4.14. The highest BCUT2D eigenvalue weighted by Gasteiger charge is 2.19. The van der Waals surface area contributed by atoms with Crippen LogP contribution in [0, 0.1) is 0 Å². The van der Waals surface area contributed by atoms with Crippen LogP contribution in [0.5, 0.6) is 5.75 Å². The Kier molecular flexibility index (Phi) is 5.64. The van der Waals surface area contributed by atoms with E-state index in [0.717, 1.165) is 0 Å². The van der Waals surface area contributed by atoms with Crippen LogP contribution in [0.15, 0.2) is 24.3 Å². The third kappa shape index (κ3) is 6.21. The number of nitrogens with two attached hydrogens (primary N) is 1. The predicted octanol–water partition coefficient (Wildman–Crippen LogP) is -1.06. The fraction of sp³-hybridized carbons (Fsp3) is 0.273. The second kappa shape index (κ2) is 7.02. The number of carboxylic acids is 1. The molecule has 1 aromatic rings. The fourth-order valence-corrected chi connectivity index (χ4v) is 1.85. The summed E-state index contributed by atoms with van der Waals surface area (Å²) in [6.07, 6.45) is -0.0206.